The topological polar surface area (TPSA) is 69.7 Å². The number of hydrogen-bond acceptors (Lipinski definition) is 5. The first kappa shape index (κ1) is 15.6. The zero-order valence-electron chi connectivity index (χ0n) is 10.9. The van der Waals surface area contributed by atoms with Crippen molar-refractivity contribution in [2.24, 2.45) is 5.41 Å². The Morgan fingerprint density at radius 3 is 2.06 bits per heavy atom. The first-order valence-electron chi connectivity index (χ1n) is 5.62. The second-order valence-electron chi connectivity index (χ2n) is 4.71. The second-order valence-corrected chi connectivity index (χ2v) is 4.71. The predicted octanol–water partition coefficient (Wildman–Crippen LogP) is 1.84. The van der Waals surface area contributed by atoms with Crippen LogP contribution in [0.4, 0.5) is 0 Å². The lowest BCUT2D eigenvalue weighted by Crippen LogP contribution is -2.24. The summed E-state index contributed by atoms with van der Waals surface area (Å²) < 4.78 is 9.41. The molecule has 0 aliphatic carbocycles. The molecule has 0 saturated carbocycles. The largest absolute Gasteiger partial charge is 0.428 e. The van der Waals surface area contributed by atoms with Crippen molar-refractivity contribution in [3.63, 3.8) is 0 Å². The van der Waals surface area contributed by atoms with Crippen LogP contribution < -0.4 is 0 Å². The Morgan fingerprint density at radius 1 is 1.00 bits per heavy atom. The smallest absolute Gasteiger partial charge is 0.314 e. The third-order valence-electron chi connectivity index (χ3n) is 2.02. The lowest BCUT2D eigenvalue weighted by Gasteiger charge is -2.16. The molecule has 0 bridgehead atoms. The first-order valence-corrected chi connectivity index (χ1v) is 5.62. The quantitative estimate of drug-likeness (QED) is 0.526. The van der Waals surface area contributed by atoms with Crippen molar-refractivity contribution in [1.82, 2.24) is 0 Å². The maximum atomic E-state index is 11.3. The third kappa shape index (κ3) is 7.49. The standard InChI is InChI=1S/C12H20O5/c1-5-9(13)6-7-10(14)16-8-17-11(15)12(2,3)4/h5-8H2,1-4H3. The average Bonchev–Trinajstić information content (AvgIpc) is 2.24. The molecule has 0 spiro atoms. The lowest BCUT2D eigenvalue weighted by molar-refractivity contribution is -0.173. The van der Waals surface area contributed by atoms with Crippen molar-refractivity contribution in [1.29, 1.82) is 0 Å². The number of carbonyl (C=O) groups is 3. The van der Waals surface area contributed by atoms with E-state index in [1.807, 2.05) is 0 Å². The molecule has 98 valence electrons. The molecule has 0 aromatic carbocycles. The fourth-order valence-corrected chi connectivity index (χ4v) is 0.856. The van der Waals surface area contributed by atoms with Gasteiger partial charge >= 0.3 is 11.9 Å². The van der Waals surface area contributed by atoms with Crippen LogP contribution in [-0.4, -0.2) is 24.5 Å². The van der Waals surface area contributed by atoms with E-state index in [1.54, 1.807) is 27.7 Å². The molecule has 5 nitrogen and oxygen atoms in total. The minimum atomic E-state index is -0.620. The van der Waals surface area contributed by atoms with Gasteiger partial charge in [0.25, 0.3) is 0 Å². The summed E-state index contributed by atoms with van der Waals surface area (Å²) >= 11 is 0. The number of hydrogen-bond donors (Lipinski definition) is 0. The van der Waals surface area contributed by atoms with E-state index in [2.05, 4.69) is 4.74 Å². The highest BCUT2D eigenvalue weighted by Gasteiger charge is 2.23. The molecule has 0 heterocycles. The zero-order chi connectivity index (χ0) is 13.5. The molecule has 0 rings (SSSR count). The minimum Gasteiger partial charge on any atom is -0.428 e. The van der Waals surface area contributed by atoms with Gasteiger partial charge in [0.05, 0.1) is 11.8 Å². The molecule has 0 aromatic rings. The van der Waals surface area contributed by atoms with Crippen molar-refractivity contribution in [3.8, 4) is 0 Å². The van der Waals surface area contributed by atoms with Gasteiger partial charge in [0.1, 0.15) is 5.78 Å². The Morgan fingerprint density at radius 2 is 1.59 bits per heavy atom. The maximum Gasteiger partial charge on any atom is 0.314 e. The molecule has 0 unspecified atom stereocenters. The van der Waals surface area contributed by atoms with Gasteiger partial charge in [-0.05, 0) is 20.8 Å². The molecule has 0 fully saturated rings. The summed E-state index contributed by atoms with van der Waals surface area (Å²) in [5.41, 5.74) is -0.620. The van der Waals surface area contributed by atoms with Gasteiger partial charge in [-0.1, -0.05) is 6.92 Å². The summed E-state index contributed by atoms with van der Waals surface area (Å²) in [4.78, 5) is 33.4. The van der Waals surface area contributed by atoms with Crippen molar-refractivity contribution < 1.29 is 23.9 Å². The van der Waals surface area contributed by atoms with Crippen LogP contribution in [0.15, 0.2) is 0 Å². The van der Waals surface area contributed by atoms with E-state index in [-0.39, 0.29) is 18.6 Å². The Balaban J connectivity index is 3.72. The van der Waals surface area contributed by atoms with E-state index >= 15 is 0 Å². The first-order chi connectivity index (χ1) is 7.77. The number of Topliss-reactive ketones (excluding diaryl/α,β-unsaturated/α-hetero) is 1. The van der Waals surface area contributed by atoms with Crippen LogP contribution in [0.1, 0.15) is 47.0 Å². The van der Waals surface area contributed by atoms with E-state index < -0.39 is 24.1 Å². The highest BCUT2D eigenvalue weighted by atomic mass is 16.7. The fraction of sp³-hybridized carbons (Fsp3) is 0.750. The molecule has 0 atom stereocenters. The van der Waals surface area contributed by atoms with Gasteiger partial charge in [0.2, 0.25) is 6.79 Å². The molecule has 0 N–H and O–H groups in total. The highest BCUT2D eigenvalue weighted by Crippen LogP contribution is 2.14. The summed E-state index contributed by atoms with van der Waals surface area (Å²) in [6.07, 6.45) is 0.606. The van der Waals surface area contributed by atoms with Gasteiger partial charge < -0.3 is 9.47 Å². The van der Waals surface area contributed by atoms with Gasteiger partial charge in [-0.3, -0.25) is 14.4 Å². The van der Waals surface area contributed by atoms with Crippen LogP contribution >= 0.6 is 0 Å². The maximum absolute atomic E-state index is 11.3. The molecule has 0 amide bonds. The molecule has 0 saturated heterocycles. The van der Waals surface area contributed by atoms with Crippen molar-refractivity contribution in [2.75, 3.05) is 6.79 Å². The number of ether oxygens (including phenoxy) is 2. The van der Waals surface area contributed by atoms with Gasteiger partial charge in [0.15, 0.2) is 0 Å². The second kappa shape index (κ2) is 7.04. The molecule has 17 heavy (non-hydrogen) atoms. The lowest BCUT2D eigenvalue weighted by atomic mass is 9.98. The van der Waals surface area contributed by atoms with E-state index in [4.69, 9.17) is 4.74 Å². The van der Waals surface area contributed by atoms with E-state index in [9.17, 15) is 14.4 Å². The summed E-state index contributed by atoms with van der Waals surface area (Å²) in [7, 11) is 0. The molecule has 0 radical (unpaired) electrons. The summed E-state index contributed by atoms with van der Waals surface area (Å²) in [6, 6.07) is 0. The number of ketones is 1. The van der Waals surface area contributed by atoms with Crippen LogP contribution in [0.2, 0.25) is 0 Å². The van der Waals surface area contributed by atoms with Crippen molar-refractivity contribution in [2.45, 2.75) is 47.0 Å². The van der Waals surface area contributed by atoms with E-state index in [0.29, 0.717) is 6.42 Å². The zero-order valence-corrected chi connectivity index (χ0v) is 10.9. The summed E-state index contributed by atoms with van der Waals surface area (Å²) in [5, 5.41) is 0. The monoisotopic (exact) mass is 244 g/mol. The summed E-state index contributed by atoms with van der Waals surface area (Å²) in [6.45, 7) is 6.46. The van der Waals surface area contributed by atoms with E-state index in [0.717, 1.165) is 0 Å². The fourth-order valence-electron chi connectivity index (χ4n) is 0.856. The molecule has 0 aliphatic rings. The van der Waals surface area contributed by atoms with Crippen LogP contribution in [0, 0.1) is 5.41 Å². The normalized spacial score (nSPS) is 10.8. The Bertz CT molecular complexity index is 288. The molecular formula is C12H20O5. The molecule has 0 aliphatic heterocycles. The van der Waals surface area contributed by atoms with Crippen LogP contribution in [-0.2, 0) is 23.9 Å². The predicted molar refractivity (Wildman–Crippen MR) is 61.0 cm³/mol. The average molecular weight is 244 g/mol. The SMILES string of the molecule is CCC(=O)CCC(=O)OCOC(=O)C(C)(C)C. The Hall–Kier alpha value is -1.39. The number of rotatable bonds is 6. The molecule has 0 aromatic heterocycles. The highest BCUT2D eigenvalue weighted by molar-refractivity contribution is 5.82. The Kier molecular flexibility index (Phi) is 6.46. The van der Waals surface area contributed by atoms with E-state index in [1.165, 1.54) is 0 Å². The Labute approximate surface area is 101 Å². The number of esters is 2. The molecular weight excluding hydrogens is 224 g/mol. The van der Waals surface area contributed by atoms with Crippen molar-refractivity contribution >= 4 is 17.7 Å². The van der Waals surface area contributed by atoms with Gasteiger partial charge in [-0.25, -0.2) is 0 Å². The number of carbonyl (C=O) groups excluding carboxylic acids is 3. The van der Waals surface area contributed by atoms with Gasteiger partial charge in [0, 0.05) is 12.8 Å². The molecule has 5 heteroatoms. The van der Waals surface area contributed by atoms with Gasteiger partial charge in [-0.2, -0.15) is 0 Å². The summed E-state index contributed by atoms with van der Waals surface area (Å²) in [5.74, 6) is -0.961. The van der Waals surface area contributed by atoms with Gasteiger partial charge in [-0.15, -0.1) is 0 Å². The van der Waals surface area contributed by atoms with Crippen molar-refractivity contribution in [3.05, 3.63) is 0 Å². The third-order valence-corrected chi connectivity index (χ3v) is 2.02. The van der Waals surface area contributed by atoms with Crippen LogP contribution in [0.25, 0.3) is 0 Å². The minimum absolute atomic E-state index is 0.00800. The van der Waals surface area contributed by atoms with Crippen LogP contribution in [0.3, 0.4) is 0 Å². The van der Waals surface area contributed by atoms with Crippen LogP contribution in [0.5, 0.6) is 0 Å².